The molecule has 0 aliphatic carbocycles. The number of benzene rings is 1. The lowest BCUT2D eigenvalue weighted by Gasteiger charge is -2.31. The van der Waals surface area contributed by atoms with Crippen molar-refractivity contribution in [2.24, 2.45) is 0 Å². The van der Waals surface area contributed by atoms with Gasteiger partial charge in [-0.2, -0.15) is 0 Å². The summed E-state index contributed by atoms with van der Waals surface area (Å²) in [7, 11) is 1.79. The fourth-order valence-corrected chi connectivity index (χ4v) is 2.44. The summed E-state index contributed by atoms with van der Waals surface area (Å²) in [4.78, 5) is 16.2. The van der Waals surface area contributed by atoms with Crippen LogP contribution in [0.4, 0.5) is 0 Å². The van der Waals surface area contributed by atoms with Gasteiger partial charge < -0.3 is 15.3 Å². The normalized spacial score (nSPS) is 17.7. The lowest BCUT2D eigenvalue weighted by atomic mass is 10.1. The average Bonchev–Trinajstić information content (AvgIpc) is 2.47. The fraction of sp³-hybridized carbons (Fsp3) is 0.533. The highest BCUT2D eigenvalue weighted by Gasteiger charge is 2.22. The minimum Gasteiger partial charge on any atom is -0.508 e. The number of para-hydroxylation sites is 1. The van der Waals surface area contributed by atoms with Gasteiger partial charge in [0.15, 0.2) is 0 Å². The number of nitrogens with zero attached hydrogens (tertiary/aromatic N) is 2. The molecule has 1 aromatic rings. The number of amides is 1. The van der Waals surface area contributed by atoms with E-state index in [9.17, 15) is 9.90 Å². The van der Waals surface area contributed by atoms with Crippen molar-refractivity contribution in [1.82, 2.24) is 15.1 Å². The second kappa shape index (κ2) is 6.72. The number of nitrogens with one attached hydrogen (secondary N) is 1. The maximum atomic E-state index is 12.3. The van der Waals surface area contributed by atoms with Crippen LogP contribution in [0.2, 0.25) is 0 Å². The van der Waals surface area contributed by atoms with Gasteiger partial charge in [0.1, 0.15) is 5.75 Å². The van der Waals surface area contributed by atoms with E-state index in [1.54, 1.807) is 24.1 Å². The van der Waals surface area contributed by atoms with Gasteiger partial charge in [0.05, 0.1) is 12.6 Å². The Balaban J connectivity index is 1.97. The van der Waals surface area contributed by atoms with E-state index in [2.05, 4.69) is 10.2 Å². The maximum Gasteiger partial charge on any atom is 0.236 e. The molecule has 1 heterocycles. The highest BCUT2D eigenvalue weighted by molar-refractivity contribution is 5.78. The Kier molecular flexibility index (Phi) is 4.98. The van der Waals surface area contributed by atoms with Gasteiger partial charge in [0, 0.05) is 38.8 Å². The minimum atomic E-state index is -0.133. The Morgan fingerprint density at radius 2 is 2.05 bits per heavy atom. The summed E-state index contributed by atoms with van der Waals surface area (Å²) in [5, 5.41) is 13.2. The van der Waals surface area contributed by atoms with E-state index in [-0.39, 0.29) is 17.7 Å². The monoisotopic (exact) mass is 277 g/mol. The van der Waals surface area contributed by atoms with Crippen molar-refractivity contribution in [3.8, 4) is 5.75 Å². The van der Waals surface area contributed by atoms with Gasteiger partial charge in [-0.1, -0.05) is 18.2 Å². The summed E-state index contributed by atoms with van der Waals surface area (Å²) in [6, 6.07) is 7.04. The van der Waals surface area contributed by atoms with Crippen molar-refractivity contribution in [3.63, 3.8) is 0 Å². The molecule has 0 radical (unpaired) electrons. The molecule has 1 fully saturated rings. The topological polar surface area (TPSA) is 55.8 Å². The Morgan fingerprint density at radius 1 is 1.40 bits per heavy atom. The van der Waals surface area contributed by atoms with Gasteiger partial charge in [-0.15, -0.1) is 0 Å². The minimum absolute atomic E-state index is 0.0858. The number of likely N-dealkylation sites (N-methyl/N-ethyl adjacent to an activating group) is 1. The summed E-state index contributed by atoms with van der Waals surface area (Å²) in [6.45, 7) is 6.06. The number of phenols is 1. The number of carbonyl (C=O) groups is 1. The van der Waals surface area contributed by atoms with Crippen molar-refractivity contribution in [2.45, 2.75) is 13.0 Å². The molecule has 1 aliphatic heterocycles. The van der Waals surface area contributed by atoms with Crippen LogP contribution in [0.25, 0.3) is 0 Å². The standard InChI is InChI=1S/C15H23N3O2/c1-12(13-5-3-4-6-14(13)19)17(2)15(20)11-18-9-7-16-8-10-18/h3-6,12,16,19H,7-11H2,1-2H3. The third-order valence-electron chi connectivity index (χ3n) is 3.93. The lowest BCUT2D eigenvalue weighted by molar-refractivity contribution is -0.133. The summed E-state index contributed by atoms with van der Waals surface area (Å²) < 4.78 is 0. The lowest BCUT2D eigenvalue weighted by Crippen LogP contribution is -2.48. The molecule has 0 saturated carbocycles. The maximum absolute atomic E-state index is 12.3. The molecule has 1 aliphatic rings. The summed E-state index contributed by atoms with van der Waals surface area (Å²) in [5.41, 5.74) is 0.781. The Hall–Kier alpha value is -1.59. The molecule has 110 valence electrons. The predicted molar refractivity (Wildman–Crippen MR) is 78.6 cm³/mol. The first-order valence-corrected chi connectivity index (χ1v) is 7.06. The van der Waals surface area contributed by atoms with Crippen molar-refractivity contribution >= 4 is 5.91 Å². The molecule has 2 N–H and O–H groups in total. The number of piperazine rings is 1. The summed E-state index contributed by atoms with van der Waals surface area (Å²) in [5.74, 6) is 0.324. The third-order valence-corrected chi connectivity index (χ3v) is 3.93. The van der Waals surface area contributed by atoms with E-state index < -0.39 is 0 Å². The molecule has 1 unspecified atom stereocenters. The molecular weight excluding hydrogens is 254 g/mol. The number of carbonyl (C=O) groups excluding carboxylic acids is 1. The van der Waals surface area contributed by atoms with Crippen LogP contribution in [0.3, 0.4) is 0 Å². The van der Waals surface area contributed by atoms with E-state index in [0.29, 0.717) is 6.54 Å². The van der Waals surface area contributed by atoms with Crippen LogP contribution in [0, 0.1) is 0 Å². The molecule has 5 nitrogen and oxygen atoms in total. The van der Waals surface area contributed by atoms with Crippen LogP contribution in [0.5, 0.6) is 5.75 Å². The van der Waals surface area contributed by atoms with Crippen LogP contribution in [-0.2, 0) is 4.79 Å². The van der Waals surface area contributed by atoms with E-state index >= 15 is 0 Å². The zero-order chi connectivity index (χ0) is 14.5. The SMILES string of the molecule is CC(c1ccccc1O)N(C)C(=O)CN1CCNCC1. The molecule has 0 aromatic heterocycles. The van der Waals surface area contributed by atoms with E-state index in [4.69, 9.17) is 0 Å². The number of phenolic OH excluding ortho intramolecular Hbond substituents is 1. The first-order valence-electron chi connectivity index (χ1n) is 7.06. The zero-order valence-corrected chi connectivity index (χ0v) is 12.2. The van der Waals surface area contributed by atoms with Crippen molar-refractivity contribution < 1.29 is 9.90 Å². The molecule has 5 heteroatoms. The van der Waals surface area contributed by atoms with Gasteiger partial charge in [-0.3, -0.25) is 9.69 Å². The smallest absolute Gasteiger partial charge is 0.236 e. The summed E-state index contributed by atoms with van der Waals surface area (Å²) >= 11 is 0. The van der Waals surface area contributed by atoms with Crippen LogP contribution in [-0.4, -0.2) is 60.6 Å². The Bertz CT molecular complexity index is 458. The van der Waals surface area contributed by atoms with Gasteiger partial charge in [0.25, 0.3) is 0 Å². The number of aromatic hydroxyl groups is 1. The first-order chi connectivity index (χ1) is 9.59. The van der Waals surface area contributed by atoms with Gasteiger partial charge in [0.2, 0.25) is 5.91 Å². The van der Waals surface area contributed by atoms with Gasteiger partial charge in [-0.25, -0.2) is 0 Å². The molecule has 0 spiro atoms. The van der Waals surface area contributed by atoms with Crippen LogP contribution < -0.4 is 5.32 Å². The van der Waals surface area contributed by atoms with Gasteiger partial charge >= 0.3 is 0 Å². The van der Waals surface area contributed by atoms with E-state index in [0.717, 1.165) is 31.7 Å². The largest absolute Gasteiger partial charge is 0.508 e. The van der Waals surface area contributed by atoms with Crippen molar-refractivity contribution in [1.29, 1.82) is 0 Å². The highest BCUT2D eigenvalue weighted by atomic mass is 16.3. The third kappa shape index (κ3) is 3.49. The molecule has 20 heavy (non-hydrogen) atoms. The van der Waals surface area contributed by atoms with Gasteiger partial charge in [-0.05, 0) is 13.0 Å². The number of rotatable bonds is 4. The Labute approximate surface area is 120 Å². The van der Waals surface area contributed by atoms with E-state index in [1.165, 1.54) is 0 Å². The molecule has 1 saturated heterocycles. The number of hydrogen-bond acceptors (Lipinski definition) is 4. The van der Waals surface area contributed by atoms with Crippen molar-refractivity contribution in [3.05, 3.63) is 29.8 Å². The molecule has 2 rings (SSSR count). The predicted octanol–water partition coefficient (Wildman–Crippen LogP) is 0.817. The van der Waals surface area contributed by atoms with Crippen LogP contribution >= 0.6 is 0 Å². The first kappa shape index (κ1) is 14.8. The number of hydrogen-bond donors (Lipinski definition) is 2. The highest BCUT2D eigenvalue weighted by Crippen LogP contribution is 2.27. The zero-order valence-electron chi connectivity index (χ0n) is 12.2. The quantitative estimate of drug-likeness (QED) is 0.855. The second-order valence-corrected chi connectivity index (χ2v) is 5.27. The molecule has 1 atom stereocenters. The molecule has 0 bridgehead atoms. The second-order valence-electron chi connectivity index (χ2n) is 5.27. The molecular formula is C15H23N3O2. The summed E-state index contributed by atoms with van der Waals surface area (Å²) in [6.07, 6.45) is 0. The van der Waals surface area contributed by atoms with E-state index in [1.807, 2.05) is 19.1 Å². The van der Waals surface area contributed by atoms with Crippen LogP contribution in [0.15, 0.2) is 24.3 Å². The molecule has 1 amide bonds. The average molecular weight is 277 g/mol. The van der Waals surface area contributed by atoms with Crippen molar-refractivity contribution in [2.75, 3.05) is 39.8 Å². The fourth-order valence-electron chi connectivity index (χ4n) is 2.44. The molecule has 1 aromatic carbocycles. The Morgan fingerprint density at radius 3 is 2.70 bits per heavy atom. The van der Waals surface area contributed by atoms with Crippen LogP contribution in [0.1, 0.15) is 18.5 Å².